The first-order chi connectivity index (χ1) is 13.1. The molecule has 2 heterocycles. The van der Waals surface area contributed by atoms with Crippen LogP contribution in [0.1, 0.15) is 5.56 Å². The van der Waals surface area contributed by atoms with Gasteiger partial charge in [-0.05, 0) is 0 Å². The molecule has 3 rings (SSSR count). The topological polar surface area (TPSA) is 71.5 Å². The van der Waals surface area contributed by atoms with Crippen LogP contribution in [0.2, 0.25) is 0 Å². The van der Waals surface area contributed by atoms with E-state index in [0.717, 1.165) is 25.8 Å². The first-order valence-corrected chi connectivity index (χ1v) is 10.9. The monoisotopic (exact) mass is 887 g/mol. The van der Waals surface area contributed by atoms with Crippen molar-refractivity contribution >= 4 is 26.4 Å². The van der Waals surface area contributed by atoms with Crippen molar-refractivity contribution in [3.05, 3.63) is 54.2 Å². The zero-order valence-corrected chi connectivity index (χ0v) is 23.8. The number of pyridine rings is 1. The summed E-state index contributed by atoms with van der Waals surface area (Å²) in [6.45, 7) is 0.0879. The summed E-state index contributed by atoms with van der Waals surface area (Å²) < 4.78 is 11.1. The molecule has 1 aliphatic heterocycles. The van der Waals surface area contributed by atoms with Crippen LogP contribution in [0.25, 0.3) is 0 Å². The van der Waals surface area contributed by atoms with Gasteiger partial charge < -0.3 is 0 Å². The van der Waals surface area contributed by atoms with Crippen molar-refractivity contribution in [1.82, 2.24) is 10.3 Å². The van der Waals surface area contributed by atoms with Gasteiger partial charge in [-0.3, -0.25) is 0 Å². The molecular formula is C19H17N3O3W3-2. The molecule has 0 aliphatic carbocycles. The number of carbonyl (C=O) groups is 2. The molecule has 6 nitrogen and oxygen atoms in total. The van der Waals surface area contributed by atoms with Gasteiger partial charge >= 0.3 is 181 Å². The van der Waals surface area contributed by atoms with Crippen molar-refractivity contribution in [2.75, 3.05) is 18.6 Å². The third kappa shape index (κ3) is 7.39. The van der Waals surface area contributed by atoms with Crippen LogP contribution in [0, 0.1) is 0 Å². The van der Waals surface area contributed by atoms with Gasteiger partial charge in [0.1, 0.15) is 0 Å². The fourth-order valence-corrected chi connectivity index (χ4v) is 3.11. The van der Waals surface area contributed by atoms with E-state index >= 15 is 0 Å². The van der Waals surface area contributed by atoms with E-state index in [1.807, 2.05) is 6.07 Å². The van der Waals surface area contributed by atoms with Crippen molar-refractivity contribution < 1.29 is 74.1 Å². The fraction of sp³-hybridized carbons (Fsp3) is 0.211. The van der Waals surface area contributed by atoms with E-state index in [1.54, 1.807) is 25.4 Å². The summed E-state index contributed by atoms with van der Waals surface area (Å²) in [4.78, 5) is 28.9. The minimum absolute atomic E-state index is 0. The molecular weight excluding hydrogens is 870 g/mol. The third-order valence-corrected chi connectivity index (χ3v) is 4.80. The van der Waals surface area contributed by atoms with Crippen molar-refractivity contribution in [3.8, 4) is 5.75 Å². The predicted molar refractivity (Wildman–Crippen MR) is 95.2 cm³/mol. The summed E-state index contributed by atoms with van der Waals surface area (Å²) in [5.74, 6) is 0.333. The number of aromatic nitrogens is 1. The number of benzene rings is 1. The van der Waals surface area contributed by atoms with Crippen LogP contribution >= 0.6 is 0 Å². The maximum atomic E-state index is 12.1. The molecule has 0 radical (unpaired) electrons. The molecule has 0 spiro atoms. The van der Waals surface area contributed by atoms with Crippen LogP contribution in [0.5, 0.6) is 5.75 Å². The minimum atomic E-state index is -0.719. The summed E-state index contributed by atoms with van der Waals surface area (Å²) in [7, 11) is 1.60. The molecule has 2 aromatic rings. The Morgan fingerprint density at radius 1 is 1.29 bits per heavy atom. The summed E-state index contributed by atoms with van der Waals surface area (Å²) in [6, 6.07) is 13.1. The SMILES string of the molecule is CN1C(=O)C(NC(=O)[C-]=[W])COc2cccnc21.[W].[W]=[C-]Cc1ccccc1. The van der Waals surface area contributed by atoms with Gasteiger partial charge in [0.2, 0.25) is 0 Å². The van der Waals surface area contributed by atoms with Gasteiger partial charge in [0.05, 0.1) is 0 Å². The zero-order chi connectivity index (χ0) is 19.6. The van der Waals surface area contributed by atoms with Crippen LogP contribution in [0.4, 0.5) is 5.82 Å². The number of fused-ring (bicyclic) bond motifs is 1. The number of hydrogen-bond donors (Lipinski definition) is 1. The Morgan fingerprint density at radius 3 is 2.64 bits per heavy atom. The third-order valence-electron chi connectivity index (χ3n) is 3.62. The van der Waals surface area contributed by atoms with E-state index in [-0.39, 0.29) is 39.5 Å². The van der Waals surface area contributed by atoms with E-state index in [0.29, 0.717) is 11.6 Å². The molecule has 146 valence electrons. The van der Waals surface area contributed by atoms with Gasteiger partial charge in [-0.15, -0.1) is 0 Å². The zero-order valence-electron chi connectivity index (χ0n) is 15.0. The van der Waals surface area contributed by atoms with Gasteiger partial charge in [-0.25, -0.2) is 0 Å². The number of likely N-dealkylation sites (N-methyl/N-ethyl adjacent to an activating group) is 1. The van der Waals surface area contributed by atoms with E-state index in [9.17, 15) is 9.59 Å². The van der Waals surface area contributed by atoms with Crippen molar-refractivity contribution in [2.24, 2.45) is 0 Å². The van der Waals surface area contributed by atoms with Gasteiger partial charge in [0.25, 0.3) is 0 Å². The Balaban J connectivity index is 0.000000332. The van der Waals surface area contributed by atoms with Crippen LogP contribution in [0.15, 0.2) is 48.7 Å². The molecule has 1 N–H and O–H groups in total. The number of nitrogens with one attached hydrogen (secondary N) is 1. The summed E-state index contributed by atoms with van der Waals surface area (Å²) in [5.41, 5.74) is 1.35. The summed E-state index contributed by atoms with van der Waals surface area (Å²) >= 11 is 2.33. The molecule has 1 atom stereocenters. The molecule has 0 saturated heterocycles. The van der Waals surface area contributed by atoms with E-state index in [2.05, 4.69) is 43.4 Å². The van der Waals surface area contributed by atoms with Crippen molar-refractivity contribution in [3.63, 3.8) is 0 Å². The number of hydrogen-bond acceptors (Lipinski definition) is 4. The number of amides is 2. The molecule has 1 aliphatic rings. The summed E-state index contributed by atoms with van der Waals surface area (Å²) in [5, 5.41) is 2.55. The van der Waals surface area contributed by atoms with E-state index < -0.39 is 6.04 Å². The molecule has 9 heteroatoms. The molecule has 2 amide bonds. The molecule has 0 saturated carbocycles. The first-order valence-electron chi connectivity index (χ1n) is 7.99. The average molecular weight is 887 g/mol. The Bertz CT molecular complexity index is 818. The molecule has 1 aromatic carbocycles. The second-order valence-corrected chi connectivity index (χ2v) is 7.24. The molecule has 1 aromatic heterocycles. The van der Waals surface area contributed by atoms with Crippen LogP contribution in [0.3, 0.4) is 0 Å². The molecule has 0 fully saturated rings. The number of rotatable bonds is 4. The quantitative estimate of drug-likeness (QED) is 0.458. The summed E-state index contributed by atoms with van der Waals surface area (Å²) in [6.07, 6.45) is 2.58. The number of nitrogens with zero attached hydrogens (tertiary/aromatic N) is 2. The number of carbonyl (C=O) groups excluding carboxylic acids is 2. The molecule has 1 unspecified atom stereocenters. The number of ether oxygens (including phenoxy) is 1. The fourth-order valence-electron chi connectivity index (χ4n) is 2.30. The van der Waals surface area contributed by atoms with Crippen LogP contribution in [-0.2, 0) is 75.8 Å². The van der Waals surface area contributed by atoms with E-state index in [4.69, 9.17) is 4.74 Å². The Labute approximate surface area is 200 Å². The van der Waals surface area contributed by atoms with Crippen molar-refractivity contribution in [1.29, 1.82) is 0 Å². The van der Waals surface area contributed by atoms with Gasteiger partial charge in [-0.2, -0.15) is 0 Å². The molecule has 0 bridgehead atoms. The number of anilines is 1. The van der Waals surface area contributed by atoms with Crippen LogP contribution < -0.4 is 15.0 Å². The Morgan fingerprint density at radius 2 is 2.00 bits per heavy atom. The maximum absolute atomic E-state index is 12.1. The average Bonchev–Trinajstić information content (AvgIpc) is 2.82. The van der Waals surface area contributed by atoms with Gasteiger partial charge in [-0.1, -0.05) is 0 Å². The second kappa shape index (κ2) is 13.2. The van der Waals surface area contributed by atoms with Crippen LogP contribution in [-0.4, -0.2) is 45.3 Å². The Kier molecular flexibility index (Phi) is 11.8. The molecule has 28 heavy (non-hydrogen) atoms. The van der Waals surface area contributed by atoms with E-state index in [1.165, 1.54) is 29.8 Å². The van der Waals surface area contributed by atoms with Gasteiger partial charge in [0.15, 0.2) is 0 Å². The normalized spacial score (nSPS) is 14.7. The predicted octanol–water partition coefficient (Wildman–Crippen LogP) is 0.600. The Hall–Kier alpha value is -1.09. The first kappa shape index (κ1) is 25.0. The van der Waals surface area contributed by atoms with Crippen molar-refractivity contribution in [2.45, 2.75) is 12.5 Å². The van der Waals surface area contributed by atoms with Gasteiger partial charge in [0, 0.05) is 21.1 Å². The standard InChI is InChI=1S/C11H10N3O3.C8H7.3W/c1-7(15)13-8-6-17-9-4-3-5-12-10(9)14(2)11(8)16;1-2-8-6-4-3-5-7-8;;;/h3-5,8H,6H2,2H3,(H,13,15);3-7H,2H2;;;/q2*-1;;;. The second-order valence-electron chi connectivity index (χ2n) is 5.47.